The van der Waals surface area contributed by atoms with Crippen LogP contribution in [0.1, 0.15) is 17.9 Å². The molecule has 0 saturated carbocycles. The average Bonchev–Trinajstić information content (AvgIpc) is 2.68. The number of hydrogen-bond donors (Lipinski definition) is 2. The van der Waals surface area contributed by atoms with Gasteiger partial charge in [-0.25, -0.2) is 4.98 Å². The molecular weight excluding hydrogens is 206 g/mol. The third kappa shape index (κ3) is 5.85. The van der Waals surface area contributed by atoms with Crippen LogP contribution >= 0.6 is 0 Å². The van der Waals surface area contributed by atoms with Gasteiger partial charge in [-0.05, 0) is 19.9 Å². The topological polar surface area (TPSA) is 59.2 Å². The molecule has 5 heteroatoms. The highest BCUT2D eigenvalue weighted by Crippen LogP contribution is 1.94. The van der Waals surface area contributed by atoms with Crippen molar-refractivity contribution in [2.45, 2.75) is 19.9 Å². The van der Waals surface area contributed by atoms with Crippen LogP contribution < -0.4 is 5.32 Å². The normalized spacial score (nSPS) is 10.9. The predicted octanol–water partition coefficient (Wildman–Crippen LogP) is 0.861. The standard InChI is InChI=1S/C11H21N3O2/c1-10-13-9-11(14-10)8-12-4-3-5-16-7-6-15-2/h9,12H,3-8H2,1-2H3,(H,13,14). The van der Waals surface area contributed by atoms with Crippen LogP contribution in [0.25, 0.3) is 0 Å². The number of methoxy groups -OCH3 is 1. The summed E-state index contributed by atoms with van der Waals surface area (Å²) in [4.78, 5) is 7.30. The Morgan fingerprint density at radius 3 is 2.94 bits per heavy atom. The second-order valence-electron chi connectivity index (χ2n) is 3.63. The largest absolute Gasteiger partial charge is 0.382 e. The van der Waals surface area contributed by atoms with Gasteiger partial charge >= 0.3 is 0 Å². The molecule has 0 saturated heterocycles. The highest BCUT2D eigenvalue weighted by Gasteiger charge is 1.95. The third-order valence-corrected chi connectivity index (χ3v) is 2.14. The van der Waals surface area contributed by atoms with Gasteiger partial charge in [0.15, 0.2) is 0 Å². The van der Waals surface area contributed by atoms with Crippen LogP contribution in [0.4, 0.5) is 0 Å². The average molecular weight is 227 g/mol. The summed E-state index contributed by atoms with van der Waals surface area (Å²) < 4.78 is 10.2. The Morgan fingerprint density at radius 1 is 1.38 bits per heavy atom. The highest BCUT2D eigenvalue weighted by atomic mass is 16.5. The van der Waals surface area contributed by atoms with Crippen molar-refractivity contribution in [1.82, 2.24) is 15.3 Å². The van der Waals surface area contributed by atoms with Gasteiger partial charge in [0, 0.05) is 32.2 Å². The molecule has 0 aromatic carbocycles. The molecule has 2 N–H and O–H groups in total. The first-order valence-electron chi connectivity index (χ1n) is 5.61. The molecule has 0 aliphatic carbocycles. The summed E-state index contributed by atoms with van der Waals surface area (Å²) in [6.07, 6.45) is 2.87. The van der Waals surface area contributed by atoms with Gasteiger partial charge in [0.1, 0.15) is 5.82 Å². The first-order chi connectivity index (χ1) is 7.83. The molecule has 0 atom stereocenters. The summed E-state index contributed by atoms with van der Waals surface area (Å²) in [5.74, 6) is 0.958. The van der Waals surface area contributed by atoms with Gasteiger partial charge < -0.3 is 19.8 Å². The fourth-order valence-corrected chi connectivity index (χ4v) is 1.33. The van der Waals surface area contributed by atoms with E-state index < -0.39 is 0 Å². The first-order valence-corrected chi connectivity index (χ1v) is 5.61. The number of aromatic amines is 1. The van der Waals surface area contributed by atoms with E-state index in [2.05, 4.69) is 15.3 Å². The molecule has 0 radical (unpaired) electrons. The third-order valence-electron chi connectivity index (χ3n) is 2.14. The van der Waals surface area contributed by atoms with Gasteiger partial charge in [-0.15, -0.1) is 0 Å². The molecule has 0 aliphatic heterocycles. The fourth-order valence-electron chi connectivity index (χ4n) is 1.33. The molecule has 1 heterocycles. The summed E-state index contributed by atoms with van der Waals surface area (Å²) in [6.45, 7) is 5.85. The second kappa shape index (κ2) is 8.27. The Kier molecular flexibility index (Phi) is 6.80. The van der Waals surface area contributed by atoms with Crippen LogP contribution in [0.3, 0.4) is 0 Å². The number of nitrogens with zero attached hydrogens (tertiary/aromatic N) is 1. The number of aromatic nitrogens is 2. The number of hydrogen-bond acceptors (Lipinski definition) is 4. The van der Waals surface area contributed by atoms with E-state index in [1.165, 1.54) is 0 Å². The SMILES string of the molecule is COCCOCCCNCc1cnc(C)[nH]1. The van der Waals surface area contributed by atoms with Crippen molar-refractivity contribution < 1.29 is 9.47 Å². The van der Waals surface area contributed by atoms with E-state index >= 15 is 0 Å². The second-order valence-corrected chi connectivity index (χ2v) is 3.63. The summed E-state index contributed by atoms with van der Waals surface area (Å²) in [6, 6.07) is 0. The Hall–Kier alpha value is -0.910. The number of imidazole rings is 1. The molecule has 0 aliphatic rings. The Morgan fingerprint density at radius 2 is 2.25 bits per heavy atom. The summed E-state index contributed by atoms with van der Waals surface area (Å²) in [5, 5.41) is 3.32. The minimum atomic E-state index is 0.668. The van der Waals surface area contributed by atoms with Gasteiger partial charge in [0.2, 0.25) is 0 Å². The minimum Gasteiger partial charge on any atom is -0.382 e. The predicted molar refractivity (Wildman–Crippen MR) is 62.3 cm³/mol. The quantitative estimate of drug-likeness (QED) is 0.614. The maximum atomic E-state index is 5.35. The van der Waals surface area contributed by atoms with E-state index in [0.29, 0.717) is 13.2 Å². The van der Waals surface area contributed by atoms with Gasteiger partial charge in [-0.1, -0.05) is 0 Å². The van der Waals surface area contributed by atoms with E-state index in [4.69, 9.17) is 9.47 Å². The molecule has 1 aromatic rings. The summed E-state index contributed by atoms with van der Waals surface area (Å²) >= 11 is 0. The van der Waals surface area contributed by atoms with E-state index in [-0.39, 0.29) is 0 Å². The fraction of sp³-hybridized carbons (Fsp3) is 0.727. The molecule has 0 unspecified atom stereocenters. The highest BCUT2D eigenvalue weighted by molar-refractivity contribution is 4.98. The Bertz CT molecular complexity index is 276. The number of rotatable bonds is 9. The monoisotopic (exact) mass is 227 g/mol. The minimum absolute atomic E-state index is 0.668. The molecule has 92 valence electrons. The lowest BCUT2D eigenvalue weighted by Crippen LogP contribution is -2.17. The van der Waals surface area contributed by atoms with Crippen LogP contribution in [-0.2, 0) is 16.0 Å². The molecule has 5 nitrogen and oxygen atoms in total. The lowest BCUT2D eigenvalue weighted by Gasteiger charge is -2.04. The zero-order valence-electron chi connectivity index (χ0n) is 10.1. The van der Waals surface area contributed by atoms with Gasteiger partial charge in [0.25, 0.3) is 0 Å². The van der Waals surface area contributed by atoms with Gasteiger partial charge in [0.05, 0.1) is 13.2 Å². The van der Waals surface area contributed by atoms with Gasteiger partial charge in [-0.3, -0.25) is 0 Å². The Balaban J connectivity index is 1.88. The number of ether oxygens (including phenoxy) is 2. The van der Waals surface area contributed by atoms with Crippen molar-refractivity contribution in [2.75, 3.05) is 33.5 Å². The number of aryl methyl sites for hydroxylation is 1. The van der Waals surface area contributed by atoms with Crippen LogP contribution in [0.15, 0.2) is 6.20 Å². The van der Waals surface area contributed by atoms with Crippen molar-refractivity contribution in [3.63, 3.8) is 0 Å². The maximum absolute atomic E-state index is 5.35. The summed E-state index contributed by atoms with van der Waals surface area (Å²) in [7, 11) is 1.68. The van der Waals surface area contributed by atoms with Crippen molar-refractivity contribution in [3.05, 3.63) is 17.7 Å². The van der Waals surface area contributed by atoms with Crippen molar-refractivity contribution >= 4 is 0 Å². The van der Waals surface area contributed by atoms with Crippen molar-refractivity contribution in [1.29, 1.82) is 0 Å². The maximum Gasteiger partial charge on any atom is 0.103 e. The summed E-state index contributed by atoms with van der Waals surface area (Å²) in [5.41, 5.74) is 1.12. The van der Waals surface area contributed by atoms with Crippen molar-refractivity contribution in [3.8, 4) is 0 Å². The zero-order chi connectivity index (χ0) is 11.6. The molecule has 0 amide bonds. The first kappa shape index (κ1) is 13.2. The van der Waals surface area contributed by atoms with Crippen molar-refractivity contribution in [2.24, 2.45) is 0 Å². The molecule has 1 aromatic heterocycles. The van der Waals surface area contributed by atoms with E-state index in [0.717, 1.165) is 37.6 Å². The molecule has 16 heavy (non-hydrogen) atoms. The van der Waals surface area contributed by atoms with E-state index in [1.54, 1.807) is 7.11 Å². The van der Waals surface area contributed by atoms with Crippen LogP contribution in [0, 0.1) is 6.92 Å². The molecule has 0 spiro atoms. The number of H-pyrrole nitrogens is 1. The Labute approximate surface area is 96.6 Å². The van der Waals surface area contributed by atoms with E-state index in [9.17, 15) is 0 Å². The molecule has 0 bridgehead atoms. The van der Waals surface area contributed by atoms with Crippen LogP contribution in [-0.4, -0.2) is 43.4 Å². The lowest BCUT2D eigenvalue weighted by atomic mass is 10.4. The van der Waals surface area contributed by atoms with Gasteiger partial charge in [-0.2, -0.15) is 0 Å². The molecule has 0 fully saturated rings. The number of nitrogens with one attached hydrogen (secondary N) is 2. The molecular formula is C11H21N3O2. The lowest BCUT2D eigenvalue weighted by molar-refractivity contribution is 0.0694. The van der Waals surface area contributed by atoms with Crippen LogP contribution in [0.2, 0.25) is 0 Å². The smallest absolute Gasteiger partial charge is 0.103 e. The molecule has 1 rings (SSSR count). The van der Waals surface area contributed by atoms with Crippen LogP contribution in [0.5, 0.6) is 0 Å². The zero-order valence-corrected chi connectivity index (χ0v) is 10.1. The van der Waals surface area contributed by atoms with E-state index in [1.807, 2.05) is 13.1 Å².